The molecule has 1 heterocycles. The predicted octanol–water partition coefficient (Wildman–Crippen LogP) is 3.22. The second kappa shape index (κ2) is 5.93. The van der Waals surface area contributed by atoms with Gasteiger partial charge in [-0.25, -0.2) is 0 Å². The average Bonchev–Trinajstić information content (AvgIpc) is 2.38. The summed E-state index contributed by atoms with van der Waals surface area (Å²) in [5, 5.41) is 8.80. The minimum Gasteiger partial charge on any atom is -0.377 e. The van der Waals surface area contributed by atoms with Gasteiger partial charge in [0, 0.05) is 17.3 Å². The molecule has 1 saturated heterocycles. The van der Waals surface area contributed by atoms with E-state index in [-0.39, 0.29) is 0 Å². The Kier molecular flexibility index (Phi) is 4.26. The van der Waals surface area contributed by atoms with E-state index in [0.717, 1.165) is 22.8 Å². The van der Waals surface area contributed by atoms with E-state index in [2.05, 4.69) is 6.07 Å². The molecule has 0 aromatic heterocycles. The Balaban J connectivity index is 1.86. The van der Waals surface area contributed by atoms with Crippen LogP contribution in [0.15, 0.2) is 29.2 Å². The van der Waals surface area contributed by atoms with Gasteiger partial charge in [0.1, 0.15) is 0 Å². The first kappa shape index (κ1) is 11.5. The zero-order chi connectivity index (χ0) is 11.2. The molecule has 3 heteroatoms. The molecule has 0 bridgehead atoms. The van der Waals surface area contributed by atoms with Gasteiger partial charge in [-0.2, -0.15) is 5.26 Å². The van der Waals surface area contributed by atoms with E-state index in [9.17, 15) is 0 Å². The van der Waals surface area contributed by atoms with Crippen LogP contribution in [0.3, 0.4) is 0 Å². The van der Waals surface area contributed by atoms with Crippen LogP contribution in [0.4, 0.5) is 0 Å². The van der Waals surface area contributed by atoms with Gasteiger partial charge in [0.25, 0.3) is 0 Å². The van der Waals surface area contributed by atoms with Crippen LogP contribution in [0.1, 0.15) is 24.8 Å². The maximum absolute atomic E-state index is 8.80. The number of nitriles is 1. The fraction of sp³-hybridized carbons (Fsp3) is 0.462. The first-order chi connectivity index (χ1) is 7.88. The lowest BCUT2D eigenvalue weighted by atomic mass is 10.1. The molecule has 1 aromatic rings. The molecule has 2 rings (SSSR count). The molecule has 2 nitrogen and oxygen atoms in total. The number of rotatable bonds is 3. The van der Waals surface area contributed by atoms with Crippen LogP contribution in [0, 0.1) is 11.3 Å². The lowest BCUT2D eigenvalue weighted by Gasteiger charge is -2.22. The first-order valence-electron chi connectivity index (χ1n) is 5.63. The molecule has 0 radical (unpaired) electrons. The Morgan fingerprint density at radius 3 is 3.12 bits per heavy atom. The van der Waals surface area contributed by atoms with Crippen molar-refractivity contribution in [3.8, 4) is 6.07 Å². The van der Waals surface area contributed by atoms with Gasteiger partial charge in [0.2, 0.25) is 0 Å². The molecule has 0 spiro atoms. The summed E-state index contributed by atoms with van der Waals surface area (Å²) >= 11 is 1.78. The number of hydrogen-bond donors (Lipinski definition) is 0. The minimum atomic E-state index is 0.393. The summed E-state index contributed by atoms with van der Waals surface area (Å²) in [6.45, 7) is 0.906. The highest BCUT2D eigenvalue weighted by atomic mass is 32.2. The smallest absolute Gasteiger partial charge is 0.0992 e. The molecule has 1 unspecified atom stereocenters. The van der Waals surface area contributed by atoms with E-state index >= 15 is 0 Å². The highest BCUT2D eigenvalue weighted by Crippen LogP contribution is 2.24. The Labute approximate surface area is 101 Å². The monoisotopic (exact) mass is 233 g/mol. The fourth-order valence-electron chi connectivity index (χ4n) is 1.78. The quantitative estimate of drug-likeness (QED) is 0.751. The summed E-state index contributed by atoms with van der Waals surface area (Å²) < 4.78 is 5.67. The lowest BCUT2D eigenvalue weighted by molar-refractivity contribution is 0.0315. The largest absolute Gasteiger partial charge is 0.377 e. The summed E-state index contributed by atoms with van der Waals surface area (Å²) in [4.78, 5) is 1.16. The Morgan fingerprint density at radius 1 is 1.44 bits per heavy atom. The molecule has 0 amide bonds. The standard InChI is InChI=1S/C13H15NOS/c14-9-11-4-3-6-13(8-11)16-10-12-5-1-2-7-15-12/h3-4,6,8,12H,1-2,5,7,10H2. The molecule has 16 heavy (non-hydrogen) atoms. The Morgan fingerprint density at radius 2 is 2.38 bits per heavy atom. The maximum Gasteiger partial charge on any atom is 0.0992 e. The molecule has 1 aliphatic rings. The van der Waals surface area contributed by atoms with Gasteiger partial charge >= 0.3 is 0 Å². The van der Waals surface area contributed by atoms with Gasteiger partial charge in [-0.3, -0.25) is 0 Å². The highest BCUT2D eigenvalue weighted by molar-refractivity contribution is 7.99. The van der Waals surface area contributed by atoms with Gasteiger partial charge < -0.3 is 4.74 Å². The predicted molar refractivity (Wildman–Crippen MR) is 65.5 cm³/mol. The molecule has 1 atom stereocenters. The minimum absolute atomic E-state index is 0.393. The van der Waals surface area contributed by atoms with Crippen LogP contribution >= 0.6 is 11.8 Å². The van der Waals surface area contributed by atoms with Crippen molar-refractivity contribution in [2.24, 2.45) is 0 Å². The number of ether oxygens (including phenoxy) is 1. The normalized spacial score (nSPS) is 20.3. The third-order valence-corrected chi connectivity index (χ3v) is 3.80. The van der Waals surface area contributed by atoms with Crippen LogP contribution in [0.25, 0.3) is 0 Å². The van der Waals surface area contributed by atoms with Gasteiger partial charge in [0.05, 0.1) is 17.7 Å². The van der Waals surface area contributed by atoms with Gasteiger partial charge in [-0.1, -0.05) is 6.07 Å². The second-order valence-electron chi connectivity index (χ2n) is 3.94. The Bertz CT molecular complexity index is 380. The second-order valence-corrected chi connectivity index (χ2v) is 5.03. The fourth-order valence-corrected chi connectivity index (χ4v) is 2.81. The molecule has 1 aliphatic heterocycles. The van der Waals surface area contributed by atoms with Crippen LogP contribution < -0.4 is 0 Å². The number of thioether (sulfide) groups is 1. The molecule has 0 N–H and O–H groups in total. The van der Waals surface area contributed by atoms with Crippen molar-refractivity contribution in [1.82, 2.24) is 0 Å². The molecule has 0 saturated carbocycles. The molecular formula is C13H15NOS. The van der Waals surface area contributed by atoms with Crippen molar-refractivity contribution in [1.29, 1.82) is 5.26 Å². The van der Waals surface area contributed by atoms with E-state index in [0.29, 0.717) is 6.10 Å². The summed E-state index contributed by atoms with van der Waals surface area (Å²) in [5.74, 6) is 0.995. The van der Waals surface area contributed by atoms with Crippen molar-refractivity contribution < 1.29 is 4.74 Å². The number of benzene rings is 1. The summed E-state index contributed by atoms with van der Waals surface area (Å²) in [6, 6.07) is 9.92. The van der Waals surface area contributed by atoms with Gasteiger partial charge in [0.15, 0.2) is 0 Å². The zero-order valence-electron chi connectivity index (χ0n) is 9.19. The zero-order valence-corrected chi connectivity index (χ0v) is 10.0. The molecule has 1 fully saturated rings. The third-order valence-electron chi connectivity index (χ3n) is 2.67. The maximum atomic E-state index is 8.80. The topological polar surface area (TPSA) is 33.0 Å². The van der Waals surface area contributed by atoms with Crippen molar-refractivity contribution in [2.75, 3.05) is 12.4 Å². The molecular weight excluding hydrogens is 218 g/mol. The highest BCUT2D eigenvalue weighted by Gasteiger charge is 2.13. The van der Waals surface area contributed by atoms with E-state index in [1.807, 2.05) is 24.3 Å². The van der Waals surface area contributed by atoms with Gasteiger partial charge in [-0.05, 0) is 37.5 Å². The summed E-state index contributed by atoms with van der Waals surface area (Å²) in [6.07, 6.45) is 4.05. The van der Waals surface area contributed by atoms with Crippen LogP contribution in [-0.4, -0.2) is 18.5 Å². The van der Waals surface area contributed by atoms with Crippen LogP contribution in [-0.2, 0) is 4.74 Å². The average molecular weight is 233 g/mol. The molecule has 0 aliphatic carbocycles. The van der Waals surface area contributed by atoms with E-state index in [4.69, 9.17) is 10.00 Å². The van der Waals surface area contributed by atoms with Crippen molar-refractivity contribution in [2.45, 2.75) is 30.3 Å². The summed E-state index contributed by atoms with van der Waals surface area (Å²) in [7, 11) is 0. The number of hydrogen-bond acceptors (Lipinski definition) is 3. The summed E-state index contributed by atoms with van der Waals surface area (Å²) in [5.41, 5.74) is 0.731. The van der Waals surface area contributed by atoms with Crippen LogP contribution in [0.2, 0.25) is 0 Å². The number of nitrogens with zero attached hydrogens (tertiary/aromatic N) is 1. The van der Waals surface area contributed by atoms with Crippen molar-refractivity contribution >= 4 is 11.8 Å². The van der Waals surface area contributed by atoms with E-state index < -0.39 is 0 Å². The van der Waals surface area contributed by atoms with Crippen molar-refractivity contribution in [3.63, 3.8) is 0 Å². The SMILES string of the molecule is N#Cc1cccc(SCC2CCCCO2)c1. The van der Waals surface area contributed by atoms with Gasteiger partial charge in [-0.15, -0.1) is 11.8 Å². The third kappa shape index (κ3) is 3.26. The Hall–Kier alpha value is -0.980. The first-order valence-corrected chi connectivity index (χ1v) is 6.61. The van der Waals surface area contributed by atoms with Crippen LogP contribution in [0.5, 0.6) is 0 Å². The molecule has 1 aromatic carbocycles. The lowest BCUT2D eigenvalue weighted by Crippen LogP contribution is -2.21. The van der Waals surface area contributed by atoms with Crippen molar-refractivity contribution in [3.05, 3.63) is 29.8 Å². The molecule has 84 valence electrons. The van der Waals surface area contributed by atoms with E-state index in [1.54, 1.807) is 11.8 Å². The van der Waals surface area contributed by atoms with E-state index in [1.165, 1.54) is 19.3 Å².